The summed E-state index contributed by atoms with van der Waals surface area (Å²) in [6.07, 6.45) is 1.72. The first kappa shape index (κ1) is 17.2. The SMILES string of the molecule is CCCCOCC1(CO)COC(c2ccc(OC)cc2)OC1. The number of aliphatic hydroxyl groups excluding tert-OH is 1. The Labute approximate surface area is 132 Å². The van der Waals surface area contributed by atoms with Gasteiger partial charge in [0.15, 0.2) is 6.29 Å². The van der Waals surface area contributed by atoms with E-state index in [0.29, 0.717) is 26.4 Å². The van der Waals surface area contributed by atoms with Gasteiger partial charge in [-0.05, 0) is 18.6 Å². The maximum atomic E-state index is 9.67. The maximum absolute atomic E-state index is 9.67. The Kier molecular flexibility index (Phi) is 6.64. The Morgan fingerprint density at radius 3 is 2.45 bits per heavy atom. The molecule has 0 bridgehead atoms. The van der Waals surface area contributed by atoms with Gasteiger partial charge < -0.3 is 24.1 Å². The quantitative estimate of drug-likeness (QED) is 0.748. The summed E-state index contributed by atoms with van der Waals surface area (Å²) in [7, 11) is 1.64. The Bertz CT molecular complexity index is 423. The van der Waals surface area contributed by atoms with Crippen molar-refractivity contribution in [2.45, 2.75) is 26.1 Å². The number of aliphatic hydroxyl groups is 1. The molecule has 0 amide bonds. The molecule has 0 aromatic heterocycles. The minimum atomic E-state index is -0.462. The van der Waals surface area contributed by atoms with Crippen LogP contribution < -0.4 is 4.74 Å². The molecule has 5 nitrogen and oxygen atoms in total. The molecule has 124 valence electrons. The average molecular weight is 310 g/mol. The summed E-state index contributed by atoms with van der Waals surface area (Å²) in [6.45, 7) is 4.13. The second-order valence-corrected chi connectivity index (χ2v) is 5.79. The van der Waals surface area contributed by atoms with Crippen LogP contribution in [-0.4, -0.2) is 45.3 Å². The Hall–Kier alpha value is -1.14. The zero-order valence-electron chi connectivity index (χ0n) is 13.4. The fourth-order valence-electron chi connectivity index (χ4n) is 2.30. The highest BCUT2D eigenvalue weighted by Gasteiger charge is 2.37. The van der Waals surface area contributed by atoms with E-state index in [1.165, 1.54) is 0 Å². The number of methoxy groups -OCH3 is 1. The highest BCUT2D eigenvalue weighted by atomic mass is 16.7. The van der Waals surface area contributed by atoms with Crippen LogP contribution in [0.15, 0.2) is 24.3 Å². The summed E-state index contributed by atoms with van der Waals surface area (Å²) in [6, 6.07) is 7.61. The van der Waals surface area contributed by atoms with Crippen LogP contribution in [-0.2, 0) is 14.2 Å². The van der Waals surface area contributed by atoms with Crippen molar-refractivity contribution in [3.63, 3.8) is 0 Å². The number of unbranched alkanes of at least 4 members (excludes halogenated alkanes) is 1. The first-order valence-corrected chi connectivity index (χ1v) is 7.79. The Balaban J connectivity index is 1.86. The van der Waals surface area contributed by atoms with Gasteiger partial charge in [0.1, 0.15) is 5.75 Å². The molecule has 1 heterocycles. The Morgan fingerprint density at radius 1 is 1.23 bits per heavy atom. The highest BCUT2D eigenvalue weighted by molar-refractivity contribution is 5.27. The molecular formula is C17H26O5. The molecule has 22 heavy (non-hydrogen) atoms. The molecule has 2 rings (SSSR count). The maximum Gasteiger partial charge on any atom is 0.183 e. The van der Waals surface area contributed by atoms with Crippen LogP contribution in [0.3, 0.4) is 0 Å². The third-order valence-electron chi connectivity index (χ3n) is 3.86. The van der Waals surface area contributed by atoms with E-state index in [1.807, 2.05) is 24.3 Å². The second kappa shape index (κ2) is 8.48. The van der Waals surface area contributed by atoms with E-state index in [4.69, 9.17) is 18.9 Å². The van der Waals surface area contributed by atoms with Crippen LogP contribution in [0.4, 0.5) is 0 Å². The van der Waals surface area contributed by atoms with Crippen LogP contribution in [0.2, 0.25) is 0 Å². The van der Waals surface area contributed by atoms with Gasteiger partial charge in [-0.2, -0.15) is 0 Å². The molecule has 1 aliphatic rings. The van der Waals surface area contributed by atoms with Gasteiger partial charge in [-0.25, -0.2) is 0 Å². The molecule has 0 aliphatic carbocycles. The summed E-state index contributed by atoms with van der Waals surface area (Å²) >= 11 is 0. The van der Waals surface area contributed by atoms with Crippen LogP contribution in [0.1, 0.15) is 31.6 Å². The molecule has 0 radical (unpaired) electrons. The fraction of sp³-hybridized carbons (Fsp3) is 0.647. The van der Waals surface area contributed by atoms with Crippen molar-refractivity contribution in [1.82, 2.24) is 0 Å². The summed E-state index contributed by atoms with van der Waals surface area (Å²) in [5.74, 6) is 0.800. The molecule has 0 saturated carbocycles. The predicted molar refractivity (Wildman–Crippen MR) is 82.9 cm³/mol. The second-order valence-electron chi connectivity index (χ2n) is 5.79. The fourth-order valence-corrected chi connectivity index (χ4v) is 2.30. The molecule has 5 heteroatoms. The standard InChI is InChI=1S/C17H26O5/c1-3-4-9-20-11-17(10-18)12-21-16(22-13-17)14-5-7-15(19-2)8-6-14/h5-8,16,18H,3-4,9-13H2,1-2H3. The van der Waals surface area contributed by atoms with Gasteiger partial charge in [-0.15, -0.1) is 0 Å². The van der Waals surface area contributed by atoms with Crippen LogP contribution in [0, 0.1) is 5.41 Å². The van der Waals surface area contributed by atoms with Crippen LogP contribution in [0.25, 0.3) is 0 Å². The third kappa shape index (κ3) is 4.43. The predicted octanol–water partition coefficient (Wildman–Crippen LogP) is 2.54. The van der Waals surface area contributed by atoms with E-state index >= 15 is 0 Å². The summed E-state index contributed by atoms with van der Waals surface area (Å²) in [5.41, 5.74) is 0.482. The number of ether oxygens (including phenoxy) is 4. The van der Waals surface area contributed by atoms with Gasteiger partial charge in [-0.3, -0.25) is 0 Å². The molecule has 1 fully saturated rings. The van der Waals surface area contributed by atoms with Gasteiger partial charge in [0, 0.05) is 12.2 Å². The van der Waals surface area contributed by atoms with Crippen LogP contribution >= 0.6 is 0 Å². The van der Waals surface area contributed by atoms with Crippen molar-refractivity contribution in [1.29, 1.82) is 0 Å². The van der Waals surface area contributed by atoms with Gasteiger partial charge in [0.25, 0.3) is 0 Å². The zero-order chi connectivity index (χ0) is 15.8. The Morgan fingerprint density at radius 2 is 1.91 bits per heavy atom. The normalized spacial score (nSPS) is 25.1. The lowest BCUT2D eigenvalue weighted by Crippen LogP contribution is -2.45. The lowest BCUT2D eigenvalue weighted by Gasteiger charge is -2.38. The largest absolute Gasteiger partial charge is 0.497 e. The molecule has 1 aliphatic heterocycles. The minimum absolute atomic E-state index is 0.00550. The van der Waals surface area contributed by atoms with E-state index in [-0.39, 0.29) is 6.61 Å². The zero-order valence-corrected chi connectivity index (χ0v) is 13.4. The minimum Gasteiger partial charge on any atom is -0.497 e. The number of hydrogen-bond acceptors (Lipinski definition) is 5. The van der Waals surface area contributed by atoms with E-state index in [9.17, 15) is 5.11 Å². The number of benzene rings is 1. The van der Waals surface area contributed by atoms with Crippen molar-refractivity contribution < 1.29 is 24.1 Å². The molecule has 0 spiro atoms. The highest BCUT2D eigenvalue weighted by Crippen LogP contribution is 2.32. The van der Waals surface area contributed by atoms with E-state index in [1.54, 1.807) is 7.11 Å². The smallest absolute Gasteiger partial charge is 0.183 e. The van der Waals surface area contributed by atoms with Crippen molar-refractivity contribution in [3.8, 4) is 5.75 Å². The summed E-state index contributed by atoms with van der Waals surface area (Å²) in [5, 5.41) is 9.67. The average Bonchev–Trinajstić information content (AvgIpc) is 2.59. The summed E-state index contributed by atoms with van der Waals surface area (Å²) < 4.78 is 22.4. The van der Waals surface area contributed by atoms with Gasteiger partial charge in [0.05, 0.1) is 39.0 Å². The third-order valence-corrected chi connectivity index (χ3v) is 3.86. The summed E-state index contributed by atoms with van der Waals surface area (Å²) in [4.78, 5) is 0. The molecule has 1 aromatic carbocycles. The molecule has 0 unspecified atom stereocenters. The van der Waals surface area contributed by atoms with Crippen molar-refractivity contribution >= 4 is 0 Å². The van der Waals surface area contributed by atoms with E-state index in [0.717, 1.165) is 24.2 Å². The first-order chi connectivity index (χ1) is 10.7. The lowest BCUT2D eigenvalue weighted by atomic mass is 9.91. The number of rotatable bonds is 8. The molecule has 1 aromatic rings. The van der Waals surface area contributed by atoms with Gasteiger partial charge >= 0.3 is 0 Å². The first-order valence-electron chi connectivity index (χ1n) is 7.79. The van der Waals surface area contributed by atoms with E-state index in [2.05, 4.69) is 6.92 Å². The van der Waals surface area contributed by atoms with Crippen molar-refractivity contribution in [2.24, 2.45) is 5.41 Å². The molecule has 1 saturated heterocycles. The molecule has 1 N–H and O–H groups in total. The van der Waals surface area contributed by atoms with Crippen molar-refractivity contribution in [2.75, 3.05) is 40.1 Å². The topological polar surface area (TPSA) is 57.2 Å². The van der Waals surface area contributed by atoms with Crippen molar-refractivity contribution in [3.05, 3.63) is 29.8 Å². The van der Waals surface area contributed by atoms with Crippen LogP contribution in [0.5, 0.6) is 5.75 Å². The van der Waals surface area contributed by atoms with E-state index < -0.39 is 11.7 Å². The van der Waals surface area contributed by atoms with Gasteiger partial charge in [0.2, 0.25) is 0 Å². The monoisotopic (exact) mass is 310 g/mol. The van der Waals surface area contributed by atoms with Gasteiger partial charge in [-0.1, -0.05) is 25.5 Å². The molecular weight excluding hydrogens is 284 g/mol. The number of hydrogen-bond donors (Lipinski definition) is 1. The lowest BCUT2D eigenvalue weighted by molar-refractivity contribution is -0.251. The molecule has 0 atom stereocenters.